The van der Waals surface area contributed by atoms with Gasteiger partial charge < -0.3 is 15.0 Å². The highest BCUT2D eigenvalue weighted by Crippen LogP contribution is 2.29. The molecular weight excluding hydrogens is 327 g/mol. The molecule has 1 N–H and O–H groups in total. The lowest BCUT2D eigenvalue weighted by Gasteiger charge is -2.40. The molecule has 1 atom stereocenters. The number of halogens is 2. The van der Waals surface area contributed by atoms with Gasteiger partial charge in [0.2, 0.25) is 5.91 Å². The second-order valence-corrected chi connectivity index (χ2v) is 5.50. The van der Waals surface area contributed by atoms with Gasteiger partial charge >= 0.3 is 0 Å². The normalized spacial score (nSPS) is 21.0. The smallest absolute Gasteiger partial charge is 0.222 e. The average Bonchev–Trinajstić information content (AvgIpc) is 2.86. The summed E-state index contributed by atoms with van der Waals surface area (Å²) in [5.41, 5.74) is 0.568. The minimum atomic E-state index is -0.453. The lowest BCUT2D eigenvalue weighted by Crippen LogP contribution is -2.50. The number of carbonyl (C=O) groups excluding carboxylic acids is 1. The molecule has 0 radical (unpaired) electrons. The van der Waals surface area contributed by atoms with Crippen LogP contribution in [0.25, 0.3) is 0 Å². The minimum Gasteiger partial charge on any atom is -0.367 e. The van der Waals surface area contributed by atoms with Crippen molar-refractivity contribution in [3.05, 3.63) is 18.0 Å². The van der Waals surface area contributed by atoms with E-state index in [-0.39, 0.29) is 30.7 Å². The van der Waals surface area contributed by atoms with Crippen LogP contribution in [-0.4, -0.2) is 53.9 Å². The maximum absolute atomic E-state index is 12.2. The van der Waals surface area contributed by atoms with Crippen LogP contribution in [0.3, 0.4) is 0 Å². The van der Waals surface area contributed by atoms with Gasteiger partial charge in [0.15, 0.2) is 0 Å². The Hall–Kier alpha value is -0.820. The van der Waals surface area contributed by atoms with Crippen LogP contribution >= 0.6 is 24.8 Å². The molecule has 0 bridgehead atoms. The Morgan fingerprint density at radius 1 is 1.50 bits per heavy atom. The molecular formula is C14H26Cl2N4O2. The maximum atomic E-state index is 12.2. The first kappa shape index (κ1) is 21.2. The third-order valence-electron chi connectivity index (χ3n) is 3.76. The average molecular weight is 353 g/mol. The van der Waals surface area contributed by atoms with Crippen molar-refractivity contribution in [2.24, 2.45) is 7.05 Å². The molecule has 8 heteroatoms. The van der Waals surface area contributed by atoms with Crippen LogP contribution in [-0.2, 0) is 22.2 Å². The number of rotatable bonds is 5. The molecule has 1 fully saturated rings. The summed E-state index contributed by atoms with van der Waals surface area (Å²) in [7, 11) is 3.79. The molecule has 1 aromatic heterocycles. The highest BCUT2D eigenvalue weighted by molar-refractivity contribution is 5.85. The van der Waals surface area contributed by atoms with Crippen molar-refractivity contribution in [3.8, 4) is 0 Å². The van der Waals surface area contributed by atoms with Crippen LogP contribution in [0.2, 0.25) is 0 Å². The molecule has 2 rings (SSSR count). The van der Waals surface area contributed by atoms with E-state index in [1.165, 1.54) is 0 Å². The molecule has 0 spiro atoms. The first-order chi connectivity index (χ1) is 9.55. The molecule has 128 valence electrons. The van der Waals surface area contributed by atoms with E-state index in [4.69, 9.17) is 4.74 Å². The monoisotopic (exact) mass is 352 g/mol. The van der Waals surface area contributed by atoms with Crippen LogP contribution in [0.5, 0.6) is 0 Å². The fourth-order valence-corrected chi connectivity index (χ4v) is 2.53. The Morgan fingerprint density at radius 3 is 2.82 bits per heavy atom. The molecule has 0 aromatic carbocycles. The SMILES string of the molecule is CNCCCC(=O)N1CCOC(C)(c2cnn(C)c2)C1.Cl.Cl. The van der Waals surface area contributed by atoms with Gasteiger partial charge in [0.25, 0.3) is 0 Å². The van der Waals surface area contributed by atoms with Crippen LogP contribution in [0.1, 0.15) is 25.3 Å². The van der Waals surface area contributed by atoms with E-state index in [1.54, 1.807) is 4.68 Å². The predicted octanol–water partition coefficient (Wildman–Crippen LogP) is 1.34. The minimum absolute atomic E-state index is 0. The summed E-state index contributed by atoms with van der Waals surface area (Å²) in [6, 6.07) is 0. The number of amides is 1. The van der Waals surface area contributed by atoms with Gasteiger partial charge in [-0.3, -0.25) is 9.48 Å². The topological polar surface area (TPSA) is 59.4 Å². The first-order valence-electron chi connectivity index (χ1n) is 7.10. The Labute approximate surface area is 144 Å². The Kier molecular flexibility index (Phi) is 9.00. The number of carbonyl (C=O) groups is 1. The van der Waals surface area contributed by atoms with E-state index in [0.29, 0.717) is 26.1 Å². The van der Waals surface area contributed by atoms with E-state index in [9.17, 15) is 4.79 Å². The zero-order valence-electron chi connectivity index (χ0n) is 13.4. The van der Waals surface area contributed by atoms with E-state index in [1.807, 2.05) is 38.3 Å². The Balaban J connectivity index is 0.00000220. The van der Waals surface area contributed by atoms with Gasteiger partial charge in [-0.25, -0.2) is 0 Å². The van der Waals surface area contributed by atoms with Crippen LogP contribution in [0.4, 0.5) is 0 Å². The zero-order chi connectivity index (χ0) is 14.6. The standard InChI is InChI=1S/C14H24N4O2.2ClH/c1-14(12-9-16-17(3)10-12)11-18(7-8-20-14)13(19)5-4-6-15-2;;/h9-10,15H,4-8,11H2,1-3H3;2*1H. The lowest BCUT2D eigenvalue weighted by molar-refractivity contribution is -0.149. The van der Waals surface area contributed by atoms with Crippen molar-refractivity contribution in [1.29, 1.82) is 0 Å². The van der Waals surface area contributed by atoms with E-state index in [2.05, 4.69) is 10.4 Å². The molecule has 1 aliphatic heterocycles. The fraction of sp³-hybridized carbons (Fsp3) is 0.714. The maximum Gasteiger partial charge on any atom is 0.222 e. The summed E-state index contributed by atoms with van der Waals surface area (Å²) in [4.78, 5) is 14.1. The number of aromatic nitrogens is 2. The van der Waals surface area contributed by atoms with Crippen molar-refractivity contribution in [1.82, 2.24) is 20.0 Å². The van der Waals surface area contributed by atoms with Crippen molar-refractivity contribution in [2.75, 3.05) is 33.3 Å². The molecule has 1 saturated heterocycles. The largest absolute Gasteiger partial charge is 0.367 e. The van der Waals surface area contributed by atoms with Gasteiger partial charge in [0, 0.05) is 31.8 Å². The van der Waals surface area contributed by atoms with E-state index < -0.39 is 5.60 Å². The number of nitrogens with one attached hydrogen (secondary N) is 1. The molecule has 6 nitrogen and oxygen atoms in total. The Bertz CT molecular complexity index is 469. The third kappa shape index (κ3) is 5.12. The summed E-state index contributed by atoms with van der Waals surface area (Å²) in [5.74, 6) is 0.207. The zero-order valence-corrected chi connectivity index (χ0v) is 15.0. The highest BCUT2D eigenvalue weighted by Gasteiger charge is 2.36. The summed E-state index contributed by atoms with van der Waals surface area (Å²) >= 11 is 0. The van der Waals surface area contributed by atoms with Gasteiger partial charge in [0.1, 0.15) is 5.60 Å². The molecule has 2 heterocycles. The summed E-state index contributed by atoms with van der Waals surface area (Å²) in [5, 5.41) is 7.26. The summed E-state index contributed by atoms with van der Waals surface area (Å²) in [6.07, 6.45) is 5.23. The Morgan fingerprint density at radius 2 is 2.23 bits per heavy atom. The quantitative estimate of drug-likeness (QED) is 0.812. The molecule has 1 amide bonds. The molecule has 1 aliphatic rings. The first-order valence-corrected chi connectivity index (χ1v) is 7.10. The number of hydrogen-bond donors (Lipinski definition) is 1. The number of aryl methyl sites for hydroxylation is 1. The van der Waals surface area contributed by atoms with Crippen molar-refractivity contribution in [2.45, 2.75) is 25.4 Å². The number of ether oxygens (including phenoxy) is 1. The van der Waals surface area contributed by atoms with E-state index >= 15 is 0 Å². The summed E-state index contributed by atoms with van der Waals surface area (Å²) < 4.78 is 7.67. The number of nitrogens with zero attached hydrogens (tertiary/aromatic N) is 3. The van der Waals surface area contributed by atoms with Crippen LogP contribution < -0.4 is 5.32 Å². The second-order valence-electron chi connectivity index (χ2n) is 5.50. The number of hydrogen-bond acceptors (Lipinski definition) is 4. The van der Waals surface area contributed by atoms with Gasteiger partial charge in [-0.05, 0) is 26.9 Å². The van der Waals surface area contributed by atoms with Gasteiger partial charge in [-0.1, -0.05) is 0 Å². The van der Waals surface area contributed by atoms with Crippen LogP contribution in [0, 0.1) is 0 Å². The van der Waals surface area contributed by atoms with Gasteiger partial charge in [0.05, 0.1) is 19.3 Å². The van der Waals surface area contributed by atoms with Crippen LogP contribution in [0.15, 0.2) is 12.4 Å². The number of morpholine rings is 1. The summed E-state index contributed by atoms with van der Waals surface area (Å²) in [6.45, 7) is 4.74. The molecule has 1 aromatic rings. The molecule has 22 heavy (non-hydrogen) atoms. The fourth-order valence-electron chi connectivity index (χ4n) is 2.53. The predicted molar refractivity (Wildman–Crippen MR) is 90.7 cm³/mol. The second kappa shape index (κ2) is 9.35. The van der Waals surface area contributed by atoms with Crippen molar-refractivity contribution < 1.29 is 9.53 Å². The van der Waals surface area contributed by atoms with Gasteiger partial charge in [-0.2, -0.15) is 5.10 Å². The van der Waals surface area contributed by atoms with Crippen molar-refractivity contribution in [3.63, 3.8) is 0 Å². The molecule has 0 saturated carbocycles. The lowest BCUT2D eigenvalue weighted by atomic mass is 9.96. The third-order valence-corrected chi connectivity index (χ3v) is 3.76. The van der Waals surface area contributed by atoms with Crippen molar-refractivity contribution >= 4 is 30.7 Å². The highest BCUT2D eigenvalue weighted by atomic mass is 35.5. The molecule has 1 unspecified atom stereocenters. The van der Waals surface area contributed by atoms with Gasteiger partial charge in [-0.15, -0.1) is 24.8 Å². The van der Waals surface area contributed by atoms with E-state index in [0.717, 1.165) is 18.5 Å². The molecule has 0 aliphatic carbocycles.